The van der Waals surface area contributed by atoms with Gasteiger partial charge < -0.3 is 15.5 Å². The van der Waals surface area contributed by atoms with Crippen LogP contribution in [0.2, 0.25) is 5.02 Å². The fourth-order valence-electron chi connectivity index (χ4n) is 3.78. The summed E-state index contributed by atoms with van der Waals surface area (Å²) in [6.45, 7) is 2.26. The van der Waals surface area contributed by atoms with Gasteiger partial charge in [0.25, 0.3) is 0 Å². The van der Waals surface area contributed by atoms with E-state index < -0.39 is 5.92 Å². The minimum Gasteiger partial charge on any atom is -0.352 e. The maximum Gasteiger partial charge on any atom is 0.226 e. The number of carbonyl (C=O) groups excluding carboxylic acids is 3. The van der Waals surface area contributed by atoms with E-state index in [1.165, 1.54) is 0 Å². The van der Waals surface area contributed by atoms with E-state index >= 15 is 0 Å². The lowest BCUT2D eigenvalue weighted by molar-refractivity contribution is -0.128. The number of benzene rings is 2. The summed E-state index contributed by atoms with van der Waals surface area (Å²) in [5.74, 6) is -0.775. The zero-order valence-electron chi connectivity index (χ0n) is 17.2. The van der Waals surface area contributed by atoms with Gasteiger partial charge in [-0.25, -0.2) is 0 Å². The van der Waals surface area contributed by atoms with Crippen LogP contribution in [-0.4, -0.2) is 29.7 Å². The molecule has 0 bridgehead atoms. The molecule has 1 fully saturated rings. The number of carbonyl (C=O) groups is 3. The molecule has 3 rings (SSSR count). The number of nitrogens with zero attached hydrogens (tertiary/aromatic N) is 1. The number of amides is 3. The van der Waals surface area contributed by atoms with Crippen molar-refractivity contribution >= 4 is 35.0 Å². The van der Waals surface area contributed by atoms with Crippen molar-refractivity contribution in [3.8, 4) is 0 Å². The maximum atomic E-state index is 12.9. The monoisotopic (exact) mass is 427 g/mol. The van der Waals surface area contributed by atoms with E-state index in [1.54, 1.807) is 24.1 Å². The summed E-state index contributed by atoms with van der Waals surface area (Å²) in [5, 5.41) is 6.37. The molecule has 0 aromatic heterocycles. The van der Waals surface area contributed by atoms with Crippen LogP contribution in [0.3, 0.4) is 0 Å². The molecular formula is C23H26ClN3O3. The molecule has 1 aliphatic heterocycles. The molecule has 2 aromatic rings. The van der Waals surface area contributed by atoms with Crippen LogP contribution in [0.25, 0.3) is 0 Å². The molecule has 2 unspecified atom stereocenters. The van der Waals surface area contributed by atoms with Gasteiger partial charge in [-0.1, -0.05) is 42.8 Å². The highest BCUT2D eigenvalue weighted by molar-refractivity contribution is 6.30. The second-order valence-electron chi connectivity index (χ2n) is 7.53. The van der Waals surface area contributed by atoms with E-state index in [1.807, 2.05) is 43.3 Å². The molecule has 158 valence electrons. The summed E-state index contributed by atoms with van der Waals surface area (Å²) in [7, 11) is 1.71. The second kappa shape index (κ2) is 9.76. The highest BCUT2D eigenvalue weighted by Gasteiger charge is 2.42. The minimum absolute atomic E-state index is 0.0319. The third kappa shape index (κ3) is 5.19. The number of halogens is 1. The van der Waals surface area contributed by atoms with Crippen LogP contribution in [0.15, 0.2) is 48.5 Å². The predicted octanol–water partition coefficient (Wildman–Crippen LogP) is 3.91. The molecule has 7 heteroatoms. The number of hydrogen-bond donors (Lipinski definition) is 2. The highest BCUT2D eigenvalue weighted by atomic mass is 35.5. The van der Waals surface area contributed by atoms with E-state index in [0.717, 1.165) is 17.5 Å². The summed E-state index contributed by atoms with van der Waals surface area (Å²) in [4.78, 5) is 38.6. The zero-order valence-corrected chi connectivity index (χ0v) is 17.9. The first-order valence-corrected chi connectivity index (χ1v) is 10.4. The summed E-state index contributed by atoms with van der Waals surface area (Å²) < 4.78 is 0. The van der Waals surface area contributed by atoms with Crippen molar-refractivity contribution in [2.24, 2.45) is 5.92 Å². The Balaban J connectivity index is 1.68. The smallest absolute Gasteiger partial charge is 0.226 e. The van der Waals surface area contributed by atoms with Gasteiger partial charge in [0.15, 0.2) is 0 Å². The highest BCUT2D eigenvalue weighted by Crippen LogP contribution is 2.37. The fourth-order valence-corrected chi connectivity index (χ4v) is 3.98. The van der Waals surface area contributed by atoms with E-state index in [9.17, 15) is 14.4 Å². The third-order valence-electron chi connectivity index (χ3n) is 5.27. The molecule has 6 nitrogen and oxygen atoms in total. The van der Waals surface area contributed by atoms with Crippen LogP contribution in [0.1, 0.15) is 43.4 Å². The molecule has 0 spiro atoms. The first kappa shape index (κ1) is 21.8. The van der Waals surface area contributed by atoms with E-state index in [2.05, 4.69) is 10.6 Å². The largest absolute Gasteiger partial charge is 0.352 e. The van der Waals surface area contributed by atoms with E-state index in [-0.39, 0.29) is 30.2 Å². The molecule has 2 aromatic carbocycles. The Morgan fingerprint density at radius 1 is 1.17 bits per heavy atom. The van der Waals surface area contributed by atoms with Gasteiger partial charge in [0.1, 0.15) is 0 Å². The molecule has 3 amide bonds. The summed E-state index contributed by atoms with van der Waals surface area (Å²) >= 11 is 6.11. The average Bonchev–Trinajstić information content (AvgIpc) is 3.01. The van der Waals surface area contributed by atoms with Crippen LogP contribution in [-0.2, 0) is 20.9 Å². The quantitative estimate of drug-likeness (QED) is 0.703. The molecule has 1 saturated heterocycles. The molecule has 2 atom stereocenters. The Labute approximate surface area is 181 Å². The van der Waals surface area contributed by atoms with Gasteiger partial charge >= 0.3 is 0 Å². The molecule has 1 heterocycles. The minimum atomic E-state index is -0.492. The fraction of sp³-hybridized carbons (Fsp3) is 0.348. The first-order chi connectivity index (χ1) is 14.4. The molecule has 0 radical (unpaired) electrons. The van der Waals surface area contributed by atoms with Gasteiger partial charge in [0, 0.05) is 37.1 Å². The first-order valence-electron chi connectivity index (χ1n) is 10.1. The topological polar surface area (TPSA) is 78.5 Å². The molecule has 30 heavy (non-hydrogen) atoms. The molecule has 0 aliphatic carbocycles. The number of nitrogens with one attached hydrogen (secondary N) is 2. The van der Waals surface area contributed by atoms with Crippen molar-refractivity contribution in [3.63, 3.8) is 0 Å². The van der Waals surface area contributed by atoms with Crippen LogP contribution in [0, 0.1) is 5.92 Å². The molecular weight excluding hydrogens is 402 g/mol. The third-order valence-corrected chi connectivity index (χ3v) is 5.50. The Morgan fingerprint density at radius 2 is 1.93 bits per heavy atom. The molecule has 0 saturated carbocycles. The van der Waals surface area contributed by atoms with Crippen LogP contribution >= 0.6 is 11.6 Å². The zero-order chi connectivity index (χ0) is 21.7. The van der Waals surface area contributed by atoms with Crippen LogP contribution in [0.4, 0.5) is 5.69 Å². The van der Waals surface area contributed by atoms with Crippen molar-refractivity contribution in [1.29, 1.82) is 0 Å². The standard InChI is InChI=1S/C23H26ClN3O3/c1-3-6-20(28)26-18-10-4-7-15(11-18)14-25-23(30)19-13-21(29)27(2)22(19)16-8-5-9-17(24)12-16/h4-5,7-12,19,22H,3,6,13-14H2,1-2H3,(H,25,30)(H,26,28). The molecule has 2 N–H and O–H groups in total. The summed E-state index contributed by atoms with van der Waals surface area (Å²) in [5.41, 5.74) is 2.42. The summed E-state index contributed by atoms with van der Waals surface area (Å²) in [6.07, 6.45) is 1.41. The Kier molecular flexibility index (Phi) is 7.11. The van der Waals surface area contributed by atoms with E-state index in [4.69, 9.17) is 11.6 Å². The van der Waals surface area contributed by atoms with Crippen molar-refractivity contribution < 1.29 is 14.4 Å². The average molecular weight is 428 g/mol. The number of hydrogen-bond acceptors (Lipinski definition) is 3. The van der Waals surface area contributed by atoms with Gasteiger partial charge in [-0.15, -0.1) is 0 Å². The Bertz CT molecular complexity index is 947. The van der Waals surface area contributed by atoms with Gasteiger partial charge in [-0.3, -0.25) is 14.4 Å². The number of anilines is 1. The van der Waals surface area contributed by atoms with Crippen molar-refractivity contribution in [3.05, 3.63) is 64.7 Å². The SMILES string of the molecule is CCCC(=O)Nc1cccc(CNC(=O)C2CC(=O)N(C)C2c2cccc(Cl)c2)c1. The van der Waals surface area contributed by atoms with Crippen molar-refractivity contribution in [1.82, 2.24) is 10.2 Å². The Morgan fingerprint density at radius 3 is 2.67 bits per heavy atom. The van der Waals surface area contributed by atoms with E-state index in [0.29, 0.717) is 23.7 Å². The number of likely N-dealkylation sites (tertiary alicyclic amines) is 1. The lowest BCUT2D eigenvalue weighted by Gasteiger charge is -2.25. The lowest BCUT2D eigenvalue weighted by atomic mass is 9.93. The number of rotatable bonds is 7. The normalized spacial score (nSPS) is 18.4. The summed E-state index contributed by atoms with van der Waals surface area (Å²) in [6, 6.07) is 14.3. The van der Waals surface area contributed by atoms with Gasteiger partial charge in [-0.2, -0.15) is 0 Å². The Hall–Kier alpha value is -2.86. The van der Waals surface area contributed by atoms with Crippen LogP contribution < -0.4 is 10.6 Å². The lowest BCUT2D eigenvalue weighted by Crippen LogP contribution is -2.34. The second-order valence-corrected chi connectivity index (χ2v) is 7.97. The van der Waals surface area contributed by atoms with Crippen molar-refractivity contribution in [2.45, 2.75) is 38.8 Å². The van der Waals surface area contributed by atoms with Crippen LogP contribution in [0.5, 0.6) is 0 Å². The van der Waals surface area contributed by atoms with Gasteiger partial charge in [0.05, 0.1) is 12.0 Å². The van der Waals surface area contributed by atoms with Gasteiger partial charge in [0.2, 0.25) is 17.7 Å². The predicted molar refractivity (Wildman–Crippen MR) is 117 cm³/mol. The molecule has 1 aliphatic rings. The van der Waals surface area contributed by atoms with Gasteiger partial charge in [-0.05, 0) is 41.8 Å². The van der Waals surface area contributed by atoms with Crippen molar-refractivity contribution in [2.75, 3.05) is 12.4 Å². The maximum absolute atomic E-state index is 12.9.